The Bertz CT molecular complexity index is 1900. The third kappa shape index (κ3) is 8.31. The van der Waals surface area contributed by atoms with Crippen LogP contribution in [-0.2, 0) is 27.4 Å². The van der Waals surface area contributed by atoms with Gasteiger partial charge in [-0.3, -0.25) is 19.5 Å². The number of hydrogen-bond donors (Lipinski definition) is 2. The molecule has 0 radical (unpaired) electrons. The zero-order valence-corrected chi connectivity index (χ0v) is 30.8. The van der Waals surface area contributed by atoms with Crippen LogP contribution in [0.3, 0.4) is 0 Å². The smallest absolute Gasteiger partial charge is 0.323 e. The maximum atomic E-state index is 12.7. The number of nitrogens with zero attached hydrogens (tertiary/aromatic N) is 3. The van der Waals surface area contributed by atoms with Gasteiger partial charge in [-0.05, 0) is 57.9 Å². The van der Waals surface area contributed by atoms with E-state index in [1.54, 1.807) is 20.4 Å². The van der Waals surface area contributed by atoms with Crippen LogP contribution >= 0.6 is 23.2 Å². The van der Waals surface area contributed by atoms with Crippen LogP contribution in [0, 0.1) is 0 Å². The highest BCUT2D eigenvalue weighted by Gasteiger charge is 2.33. The van der Waals surface area contributed by atoms with Gasteiger partial charge in [0.15, 0.2) is 0 Å². The molecule has 0 spiro atoms. The van der Waals surface area contributed by atoms with Crippen molar-refractivity contribution in [3.8, 4) is 45.3 Å². The van der Waals surface area contributed by atoms with Crippen molar-refractivity contribution in [3.05, 3.63) is 82.0 Å². The molecule has 51 heavy (non-hydrogen) atoms. The van der Waals surface area contributed by atoms with Gasteiger partial charge in [0.1, 0.15) is 11.8 Å². The predicted molar refractivity (Wildman–Crippen MR) is 199 cm³/mol. The number of benzene rings is 2. The fourth-order valence-electron chi connectivity index (χ4n) is 6.77. The molecule has 1 amide bonds. The number of likely N-dealkylation sites (tertiary alicyclic amines) is 1. The van der Waals surface area contributed by atoms with Gasteiger partial charge in [0.2, 0.25) is 11.8 Å². The van der Waals surface area contributed by atoms with E-state index < -0.39 is 0 Å². The summed E-state index contributed by atoms with van der Waals surface area (Å²) in [5.41, 5.74) is 6.10. The molecular weight excluding hydrogens is 689 g/mol. The van der Waals surface area contributed by atoms with E-state index in [0.29, 0.717) is 59.1 Å². The molecule has 2 N–H and O–H groups in total. The summed E-state index contributed by atoms with van der Waals surface area (Å²) in [5, 5.41) is 7.32. The third-order valence-electron chi connectivity index (χ3n) is 9.30. The second-order valence-electron chi connectivity index (χ2n) is 13.1. The number of rotatable bonds is 13. The Balaban J connectivity index is 1.22. The summed E-state index contributed by atoms with van der Waals surface area (Å²) in [6, 6.07) is 17.3. The molecule has 0 bridgehead atoms. The number of ether oxygens (including phenoxy) is 3. The Hall–Kier alpha value is -4.22. The number of aromatic nitrogens is 2. The molecule has 10 nitrogen and oxygen atoms in total. The highest BCUT2D eigenvalue weighted by molar-refractivity contribution is 6.39. The number of hydrogen-bond acceptors (Lipinski definition) is 9. The molecule has 2 saturated heterocycles. The maximum Gasteiger partial charge on any atom is 0.323 e. The number of esters is 1. The zero-order chi connectivity index (χ0) is 36.1. The first-order valence-corrected chi connectivity index (χ1v) is 18.0. The Morgan fingerprint density at radius 3 is 2.53 bits per heavy atom. The monoisotopic (exact) mass is 731 g/mol. The molecule has 4 heterocycles. The van der Waals surface area contributed by atoms with Crippen LogP contribution in [0.4, 0.5) is 0 Å². The highest BCUT2D eigenvalue weighted by atomic mass is 35.5. The number of methoxy groups -OCH3 is 2. The molecule has 2 aromatic heterocycles. The SMILES string of the molecule is COc1cc(-c2nccc(-c3cccc(-c4ccc(CNC[C@@H]5CCC(=O)N5)c(OC)n4)c3Cl)c2Cl)ccc1CN1CCCC1C(=O)OC(C)C. The van der Waals surface area contributed by atoms with Crippen LogP contribution < -0.4 is 20.1 Å². The van der Waals surface area contributed by atoms with Crippen LogP contribution in [0.15, 0.2) is 60.8 Å². The fourth-order valence-corrected chi connectivity index (χ4v) is 7.41. The van der Waals surface area contributed by atoms with Gasteiger partial charge >= 0.3 is 5.97 Å². The van der Waals surface area contributed by atoms with Crippen molar-refractivity contribution in [3.63, 3.8) is 0 Å². The van der Waals surface area contributed by atoms with Gasteiger partial charge in [-0.1, -0.05) is 59.6 Å². The number of carbonyl (C=O) groups is 2. The quantitative estimate of drug-likeness (QED) is 0.139. The second kappa shape index (κ2) is 16.4. The molecule has 2 atom stereocenters. The van der Waals surface area contributed by atoms with Crippen molar-refractivity contribution >= 4 is 35.1 Å². The summed E-state index contributed by atoms with van der Waals surface area (Å²) in [7, 11) is 3.23. The van der Waals surface area contributed by atoms with Gasteiger partial charge in [-0.15, -0.1) is 0 Å². The molecule has 6 rings (SSSR count). The third-order valence-corrected chi connectivity index (χ3v) is 10.1. The van der Waals surface area contributed by atoms with Crippen LogP contribution in [-0.4, -0.2) is 72.2 Å². The van der Waals surface area contributed by atoms with Gasteiger partial charge in [0.05, 0.1) is 41.8 Å². The number of pyridine rings is 2. The van der Waals surface area contributed by atoms with Gasteiger partial charge in [0.25, 0.3) is 0 Å². The predicted octanol–water partition coefficient (Wildman–Crippen LogP) is 7.09. The second-order valence-corrected chi connectivity index (χ2v) is 13.9. The van der Waals surface area contributed by atoms with Crippen LogP contribution in [0.25, 0.3) is 33.6 Å². The molecule has 2 aliphatic heterocycles. The van der Waals surface area contributed by atoms with Crippen LogP contribution in [0.1, 0.15) is 50.7 Å². The van der Waals surface area contributed by atoms with E-state index in [4.69, 9.17) is 42.4 Å². The molecule has 0 aliphatic carbocycles. The molecule has 0 saturated carbocycles. The Morgan fingerprint density at radius 2 is 1.78 bits per heavy atom. The molecule has 2 aromatic carbocycles. The van der Waals surface area contributed by atoms with Crippen molar-refractivity contribution in [2.24, 2.45) is 0 Å². The summed E-state index contributed by atoms with van der Waals surface area (Å²) < 4.78 is 17.0. The molecule has 4 aromatic rings. The Labute approximate surface area is 308 Å². The first-order valence-electron chi connectivity index (χ1n) is 17.3. The van der Waals surface area contributed by atoms with Gasteiger partial charge in [-0.2, -0.15) is 0 Å². The molecule has 2 fully saturated rings. The minimum atomic E-state index is -0.269. The minimum absolute atomic E-state index is 0.0958. The van der Waals surface area contributed by atoms with Crippen molar-refractivity contribution in [2.75, 3.05) is 27.3 Å². The standard InChI is InChI=1S/C39H43Cl2N5O5/c1-23(2)51-39(48)32-9-6-18-46(32)22-26-11-10-24(19-33(26)49-3)37-36(41)29(16-17-43-37)28-7-5-8-30(35(28)40)31-14-12-25(38(45-31)50-4)20-42-21-27-13-15-34(47)44-27/h5,7-8,10-12,14,16-17,19,23,27,32,42H,6,9,13,15,18,20-22H2,1-4H3,(H,44,47)/t27-,32?/m0/s1. The van der Waals surface area contributed by atoms with Gasteiger partial charge < -0.3 is 24.8 Å². The van der Waals surface area contributed by atoms with E-state index in [0.717, 1.165) is 59.2 Å². The van der Waals surface area contributed by atoms with E-state index >= 15 is 0 Å². The summed E-state index contributed by atoms with van der Waals surface area (Å²) in [4.78, 5) is 35.8. The lowest BCUT2D eigenvalue weighted by Gasteiger charge is -2.25. The lowest BCUT2D eigenvalue weighted by molar-refractivity contribution is -0.153. The van der Waals surface area contributed by atoms with Crippen molar-refractivity contribution in [2.45, 2.75) is 70.8 Å². The molecule has 268 valence electrons. The van der Waals surface area contributed by atoms with Gasteiger partial charge in [-0.25, -0.2) is 4.98 Å². The molecular formula is C39H43Cl2N5O5. The summed E-state index contributed by atoms with van der Waals surface area (Å²) in [5.74, 6) is 1.09. The summed E-state index contributed by atoms with van der Waals surface area (Å²) >= 11 is 14.2. The topological polar surface area (TPSA) is 115 Å². The molecule has 2 aliphatic rings. The number of halogens is 2. The van der Waals surface area contributed by atoms with E-state index in [-0.39, 0.29) is 30.1 Å². The average Bonchev–Trinajstić information content (AvgIpc) is 3.77. The fraction of sp³-hybridized carbons (Fsp3) is 0.385. The van der Waals surface area contributed by atoms with Crippen LogP contribution in [0.2, 0.25) is 10.0 Å². The number of amides is 1. The molecule has 12 heteroatoms. The minimum Gasteiger partial charge on any atom is -0.496 e. The largest absolute Gasteiger partial charge is 0.496 e. The van der Waals surface area contributed by atoms with Crippen molar-refractivity contribution in [1.29, 1.82) is 0 Å². The molecule has 1 unspecified atom stereocenters. The first kappa shape index (κ1) is 36.6. The van der Waals surface area contributed by atoms with Crippen molar-refractivity contribution < 1.29 is 23.8 Å². The van der Waals surface area contributed by atoms with E-state index in [9.17, 15) is 9.59 Å². The lowest BCUT2D eigenvalue weighted by atomic mass is 9.99. The normalized spacial score (nSPS) is 17.5. The maximum absolute atomic E-state index is 12.7. The average molecular weight is 733 g/mol. The number of nitrogens with one attached hydrogen (secondary N) is 2. The summed E-state index contributed by atoms with van der Waals surface area (Å²) in [6.45, 7) is 6.32. The zero-order valence-electron chi connectivity index (χ0n) is 29.3. The van der Waals surface area contributed by atoms with E-state index in [2.05, 4.69) is 20.5 Å². The highest BCUT2D eigenvalue weighted by Crippen LogP contribution is 2.42. The Morgan fingerprint density at radius 1 is 1.00 bits per heavy atom. The lowest BCUT2D eigenvalue weighted by Crippen LogP contribution is -2.37. The van der Waals surface area contributed by atoms with E-state index in [1.165, 1.54) is 0 Å². The number of carbonyl (C=O) groups excluding carboxylic acids is 2. The van der Waals surface area contributed by atoms with Crippen LogP contribution in [0.5, 0.6) is 11.6 Å². The summed E-state index contributed by atoms with van der Waals surface area (Å²) in [6.07, 6.45) is 4.67. The first-order chi connectivity index (χ1) is 24.7. The van der Waals surface area contributed by atoms with E-state index in [1.807, 2.05) is 68.4 Å². The Kier molecular flexibility index (Phi) is 11.8. The van der Waals surface area contributed by atoms with Gasteiger partial charge in [0, 0.05) is 71.7 Å². The van der Waals surface area contributed by atoms with Crippen molar-refractivity contribution in [1.82, 2.24) is 25.5 Å².